The maximum Gasteiger partial charge on any atom is 0.231 e. The zero-order valence-corrected chi connectivity index (χ0v) is 14.0. The van der Waals surface area contributed by atoms with Crippen LogP contribution in [0.3, 0.4) is 0 Å². The second-order valence-corrected chi connectivity index (χ2v) is 7.02. The monoisotopic (exact) mass is 321 g/mol. The summed E-state index contributed by atoms with van der Waals surface area (Å²) in [6.45, 7) is 8.51. The van der Waals surface area contributed by atoms with Gasteiger partial charge in [0.25, 0.3) is 0 Å². The first-order valence-corrected chi connectivity index (χ1v) is 8.47. The summed E-state index contributed by atoms with van der Waals surface area (Å²) in [4.78, 5) is 2.35. The summed E-state index contributed by atoms with van der Waals surface area (Å²) >= 11 is 0. The highest BCUT2D eigenvalue weighted by Crippen LogP contribution is 2.32. The Morgan fingerprint density at radius 1 is 1.22 bits per heavy atom. The van der Waals surface area contributed by atoms with Crippen LogP contribution in [-0.4, -0.2) is 49.1 Å². The van der Waals surface area contributed by atoms with Gasteiger partial charge in [-0.3, -0.25) is 0 Å². The number of likely N-dealkylation sites (tertiary alicyclic amines) is 1. The number of aliphatic hydroxyl groups is 1. The standard InChI is InChI=1S/C18H27NO4/c1-13-5-14(2)8-19(7-13)9-16(20)11-21-10-15-3-4-17-18(6-15)23-12-22-17/h3-4,6,13-14,16,20H,5,7-12H2,1-2H3/t13-,14-,16-/m1/s1. The van der Waals surface area contributed by atoms with Gasteiger partial charge in [-0.1, -0.05) is 19.9 Å². The Hall–Kier alpha value is -1.30. The minimum atomic E-state index is -0.443. The van der Waals surface area contributed by atoms with Gasteiger partial charge in [0.05, 0.1) is 19.3 Å². The Bertz CT molecular complexity index is 512. The molecule has 1 saturated heterocycles. The fourth-order valence-corrected chi connectivity index (χ4v) is 3.64. The highest BCUT2D eigenvalue weighted by atomic mass is 16.7. The first kappa shape index (κ1) is 16.6. The molecule has 0 aromatic heterocycles. The van der Waals surface area contributed by atoms with Crippen molar-refractivity contribution >= 4 is 0 Å². The van der Waals surface area contributed by atoms with E-state index in [2.05, 4.69) is 18.7 Å². The molecule has 0 aliphatic carbocycles. The van der Waals surface area contributed by atoms with E-state index in [9.17, 15) is 5.11 Å². The first-order chi connectivity index (χ1) is 11.1. The van der Waals surface area contributed by atoms with Gasteiger partial charge in [0, 0.05) is 19.6 Å². The lowest BCUT2D eigenvalue weighted by molar-refractivity contribution is -0.000915. The predicted octanol–water partition coefficient (Wildman–Crippen LogP) is 2.27. The van der Waals surface area contributed by atoms with Gasteiger partial charge in [-0.25, -0.2) is 0 Å². The number of rotatable bonds is 6. The molecule has 0 bridgehead atoms. The van der Waals surface area contributed by atoms with E-state index in [4.69, 9.17) is 14.2 Å². The summed E-state index contributed by atoms with van der Waals surface area (Å²) < 4.78 is 16.3. The third-order valence-corrected chi connectivity index (χ3v) is 4.43. The minimum absolute atomic E-state index is 0.283. The summed E-state index contributed by atoms with van der Waals surface area (Å²) in [5.74, 6) is 2.96. The number of fused-ring (bicyclic) bond motifs is 1. The molecule has 3 atom stereocenters. The number of benzene rings is 1. The van der Waals surface area contributed by atoms with Gasteiger partial charge in [0.2, 0.25) is 6.79 Å². The molecule has 0 radical (unpaired) electrons. The molecule has 1 N–H and O–H groups in total. The summed E-state index contributed by atoms with van der Waals surface area (Å²) in [5.41, 5.74) is 1.03. The Morgan fingerprint density at radius 2 is 1.96 bits per heavy atom. The molecule has 5 heteroatoms. The molecule has 0 amide bonds. The molecular weight excluding hydrogens is 294 g/mol. The maximum atomic E-state index is 10.2. The molecule has 2 heterocycles. The SMILES string of the molecule is C[C@@H]1C[C@@H](C)CN(C[C@@H](O)COCc2ccc3c(c2)OCO3)C1. The molecule has 1 aromatic carbocycles. The van der Waals surface area contributed by atoms with Gasteiger partial charge in [-0.15, -0.1) is 0 Å². The van der Waals surface area contributed by atoms with E-state index >= 15 is 0 Å². The molecule has 3 rings (SSSR count). The van der Waals surface area contributed by atoms with Crippen molar-refractivity contribution in [2.24, 2.45) is 11.8 Å². The van der Waals surface area contributed by atoms with Crippen LogP contribution in [-0.2, 0) is 11.3 Å². The second kappa shape index (κ2) is 7.51. The van der Waals surface area contributed by atoms with Crippen molar-refractivity contribution in [1.82, 2.24) is 4.90 Å². The topological polar surface area (TPSA) is 51.2 Å². The summed E-state index contributed by atoms with van der Waals surface area (Å²) in [6.07, 6.45) is 0.842. The Labute approximate surface area is 138 Å². The van der Waals surface area contributed by atoms with Crippen molar-refractivity contribution < 1.29 is 19.3 Å². The summed E-state index contributed by atoms with van der Waals surface area (Å²) in [6, 6.07) is 5.80. The normalized spacial score (nSPS) is 25.5. The number of β-amino-alcohol motifs (C(OH)–C–C–N with tert-alkyl or cyclic N) is 1. The third kappa shape index (κ3) is 4.59. The number of piperidine rings is 1. The average Bonchev–Trinajstić information content (AvgIpc) is 2.93. The zero-order chi connectivity index (χ0) is 16.2. The van der Waals surface area contributed by atoms with Crippen molar-refractivity contribution in [3.8, 4) is 11.5 Å². The average molecular weight is 321 g/mol. The summed E-state index contributed by atoms with van der Waals surface area (Å²) in [5, 5.41) is 10.2. The molecule has 5 nitrogen and oxygen atoms in total. The zero-order valence-electron chi connectivity index (χ0n) is 14.0. The van der Waals surface area contributed by atoms with Crippen LogP contribution in [0, 0.1) is 11.8 Å². The van der Waals surface area contributed by atoms with Crippen molar-refractivity contribution in [2.75, 3.05) is 33.0 Å². The third-order valence-electron chi connectivity index (χ3n) is 4.43. The van der Waals surface area contributed by atoms with Gasteiger partial charge < -0.3 is 24.2 Å². The van der Waals surface area contributed by atoms with Gasteiger partial charge >= 0.3 is 0 Å². The molecule has 0 unspecified atom stereocenters. The van der Waals surface area contributed by atoms with Crippen molar-refractivity contribution in [3.05, 3.63) is 23.8 Å². The molecule has 1 aromatic rings. The van der Waals surface area contributed by atoms with E-state index in [1.165, 1.54) is 6.42 Å². The Balaban J connectivity index is 1.40. The molecule has 0 saturated carbocycles. The van der Waals surface area contributed by atoms with E-state index in [0.29, 0.717) is 31.6 Å². The number of aliphatic hydroxyl groups excluding tert-OH is 1. The van der Waals surface area contributed by atoms with Gasteiger partial charge in [0.15, 0.2) is 11.5 Å². The maximum absolute atomic E-state index is 10.2. The lowest BCUT2D eigenvalue weighted by Crippen LogP contribution is -2.43. The van der Waals surface area contributed by atoms with E-state index in [0.717, 1.165) is 30.2 Å². The van der Waals surface area contributed by atoms with E-state index in [-0.39, 0.29) is 6.79 Å². The smallest absolute Gasteiger partial charge is 0.231 e. The molecule has 1 fully saturated rings. The van der Waals surface area contributed by atoms with Gasteiger partial charge in [-0.05, 0) is 36.0 Å². The molecular formula is C18H27NO4. The van der Waals surface area contributed by atoms with Crippen LogP contribution in [0.4, 0.5) is 0 Å². The quantitative estimate of drug-likeness (QED) is 0.871. The lowest BCUT2D eigenvalue weighted by atomic mass is 9.92. The van der Waals surface area contributed by atoms with Gasteiger partial charge in [0.1, 0.15) is 0 Å². The highest BCUT2D eigenvalue weighted by molar-refractivity contribution is 5.44. The molecule has 2 aliphatic rings. The second-order valence-electron chi connectivity index (χ2n) is 7.02. The van der Waals surface area contributed by atoms with Crippen molar-refractivity contribution in [1.29, 1.82) is 0 Å². The van der Waals surface area contributed by atoms with E-state index in [1.54, 1.807) is 0 Å². The van der Waals surface area contributed by atoms with Crippen molar-refractivity contribution in [2.45, 2.75) is 33.0 Å². The highest BCUT2D eigenvalue weighted by Gasteiger charge is 2.23. The molecule has 2 aliphatic heterocycles. The van der Waals surface area contributed by atoms with Crippen LogP contribution >= 0.6 is 0 Å². The van der Waals surface area contributed by atoms with Crippen LogP contribution in [0.5, 0.6) is 11.5 Å². The van der Waals surface area contributed by atoms with Crippen molar-refractivity contribution in [3.63, 3.8) is 0 Å². The van der Waals surface area contributed by atoms with Crippen LogP contribution in [0.1, 0.15) is 25.8 Å². The number of hydrogen-bond donors (Lipinski definition) is 1. The van der Waals surface area contributed by atoms with Crippen LogP contribution in [0.25, 0.3) is 0 Å². The predicted molar refractivity (Wildman–Crippen MR) is 87.6 cm³/mol. The molecule has 128 valence electrons. The van der Waals surface area contributed by atoms with E-state index in [1.807, 2.05) is 18.2 Å². The fraction of sp³-hybridized carbons (Fsp3) is 0.667. The van der Waals surface area contributed by atoms with Crippen LogP contribution in [0.15, 0.2) is 18.2 Å². The number of nitrogens with zero attached hydrogens (tertiary/aromatic N) is 1. The first-order valence-electron chi connectivity index (χ1n) is 8.47. The Kier molecular flexibility index (Phi) is 5.41. The molecule has 0 spiro atoms. The number of hydrogen-bond acceptors (Lipinski definition) is 5. The lowest BCUT2D eigenvalue weighted by Gasteiger charge is -2.35. The van der Waals surface area contributed by atoms with E-state index < -0.39 is 6.10 Å². The van der Waals surface area contributed by atoms with Gasteiger partial charge in [-0.2, -0.15) is 0 Å². The summed E-state index contributed by atoms with van der Waals surface area (Å²) in [7, 11) is 0. The molecule has 23 heavy (non-hydrogen) atoms. The fourth-order valence-electron chi connectivity index (χ4n) is 3.64. The number of ether oxygens (including phenoxy) is 3. The van der Waals surface area contributed by atoms with Crippen LogP contribution in [0.2, 0.25) is 0 Å². The Morgan fingerprint density at radius 3 is 2.74 bits per heavy atom. The largest absolute Gasteiger partial charge is 0.454 e. The minimum Gasteiger partial charge on any atom is -0.454 e. The van der Waals surface area contributed by atoms with Crippen LogP contribution < -0.4 is 9.47 Å².